The smallest absolute Gasteiger partial charge is 0.0734 e. The van der Waals surface area contributed by atoms with Gasteiger partial charge in [-0.2, -0.15) is 0 Å². The van der Waals surface area contributed by atoms with Gasteiger partial charge in [0.1, 0.15) is 0 Å². The molecule has 1 nitrogen and oxygen atoms in total. The molecule has 0 radical (unpaired) electrons. The summed E-state index contributed by atoms with van der Waals surface area (Å²) in [4.78, 5) is 0.961. The van der Waals surface area contributed by atoms with E-state index < -0.39 is 10.8 Å². The molecular formula is C6H8OS. The molecule has 0 aromatic heterocycles. The van der Waals surface area contributed by atoms with Gasteiger partial charge in [-0.25, -0.2) is 0 Å². The summed E-state index contributed by atoms with van der Waals surface area (Å²) in [6.07, 6.45) is 1.94. The minimum atomic E-state index is -0.799. The van der Waals surface area contributed by atoms with Crippen molar-refractivity contribution in [2.45, 2.75) is 13.8 Å². The Morgan fingerprint density at radius 2 is 2.12 bits per heavy atom. The Kier molecular flexibility index (Phi) is 1.34. The van der Waals surface area contributed by atoms with Crippen molar-refractivity contribution in [3.8, 4) is 0 Å². The van der Waals surface area contributed by atoms with Gasteiger partial charge in [0.05, 0.1) is 10.8 Å². The highest BCUT2D eigenvalue weighted by Crippen LogP contribution is 2.15. The quantitative estimate of drug-likeness (QED) is 0.484. The van der Waals surface area contributed by atoms with Crippen LogP contribution in [-0.4, -0.2) is 4.21 Å². The summed E-state index contributed by atoms with van der Waals surface area (Å²) in [5.41, 5.74) is 1.11. The first-order valence-electron chi connectivity index (χ1n) is 2.47. The lowest BCUT2D eigenvalue weighted by atomic mass is 10.3. The van der Waals surface area contributed by atoms with E-state index in [1.54, 1.807) is 5.41 Å². The van der Waals surface area contributed by atoms with Crippen molar-refractivity contribution in [1.82, 2.24) is 0 Å². The Morgan fingerprint density at radius 1 is 1.50 bits per heavy atom. The SMILES string of the molecule is CC1=CS(=O)C(C)=C1. The van der Waals surface area contributed by atoms with E-state index in [0.717, 1.165) is 10.5 Å². The summed E-state index contributed by atoms with van der Waals surface area (Å²) in [6.45, 7) is 3.83. The molecule has 0 aromatic carbocycles. The molecule has 0 saturated heterocycles. The zero-order valence-electron chi connectivity index (χ0n) is 4.97. The van der Waals surface area contributed by atoms with Gasteiger partial charge in [-0.15, -0.1) is 0 Å². The third kappa shape index (κ3) is 0.892. The highest BCUT2D eigenvalue weighted by Gasteiger charge is 2.04. The lowest BCUT2D eigenvalue weighted by Crippen LogP contribution is -1.76. The van der Waals surface area contributed by atoms with Crippen molar-refractivity contribution >= 4 is 10.8 Å². The van der Waals surface area contributed by atoms with Crippen LogP contribution in [0.5, 0.6) is 0 Å². The van der Waals surface area contributed by atoms with Crippen LogP contribution in [-0.2, 0) is 10.8 Å². The second-order valence-corrected chi connectivity index (χ2v) is 3.39. The second kappa shape index (κ2) is 1.86. The molecule has 0 aliphatic carbocycles. The molecule has 44 valence electrons. The fourth-order valence-electron chi connectivity index (χ4n) is 0.674. The molecule has 0 bridgehead atoms. The Bertz CT molecular complexity index is 186. The van der Waals surface area contributed by atoms with E-state index in [1.807, 2.05) is 19.9 Å². The van der Waals surface area contributed by atoms with Crippen LogP contribution in [0.15, 0.2) is 22.0 Å². The summed E-state index contributed by atoms with van der Waals surface area (Å²) in [5.74, 6) is 0. The first-order valence-corrected chi connectivity index (χ1v) is 3.69. The van der Waals surface area contributed by atoms with Gasteiger partial charge in [-0.1, -0.05) is 0 Å². The normalized spacial score (nSPS) is 27.5. The third-order valence-electron chi connectivity index (χ3n) is 1.04. The molecule has 0 N–H and O–H groups in total. The molecule has 0 fully saturated rings. The molecule has 1 aliphatic rings. The van der Waals surface area contributed by atoms with Crippen molar-refractivity contribution in [1.29, 1.82) is 0 Å². The number of hydrogen-bond donors (Lipinski definition) is 0. The van der Waals surface area contributed by atoms with Gasteiger partial charge in [-0.05, 0) is 25.5 Å². The van der Waals surface area contributed by atoms with Gasteiger partial charge >= 0.3 is 0 Å². The van der Waals surface area contributed by atoms with Crippen molar-refractivity contribution in [2.24, 2.45) is 0 Å². The van der Waals surface area contributed by atoms with Crippen LogP contribution in [0.3, 0.4) is 0 Å². The molecular weight excluding hydrogens is 120 g/mol. The van der Waals surface area contributed by atoms with Gasteiger partial charge in [0.2, 0.25) is 0 Å². The molecule has 0 spiro atoms. The minimum Gasteiger partial charge on any atom is -0.250 e. The first-order chi connectivity index (χ1) is 3.70. The highest BCUT2D eigenvalue weighted by atomic mass is 32.2. The summed E-state index contributed by atoms with van der Waals surface area (Å²) < 4.78 is 10.8. The molecule has 1 atom stereocenters. The summed E-state index contributed by atoms with van der Waals surface area (Å²) in [7, 11) is -0.799. The van der Waals surface area contributed by atoms with Gasteiger partial charge in [0.15, 0.2) is 0 Å². The van der Waals surface area contributed by atoms with Crippen LogP contribution in [0, 0.1) is 0 Å². The Balaban J connectivity index is 2.95. The lowest BCUT2D eigenvalue weighted by molar-refractivity contribution is 0.692. The average Bonchev–Trinajstić information content (AvgIpc) is 1.85. The number of rotatable bonds is 0. The second-order valence-electron chi connectivity index (χ2n) is 1.91. The van der Waals surface area contributed by atoms with Crippen LogP contribution in [0.1, 0.15) is 13.8 Å². The monoisotopic (exact) mass is 128 g/mol. The van der Waals surface area contributed by atoms with Crippen LogP contribution in [0.25, 0.3) is 0 Å². The maximum atomic E-state index is 10.8. The maximum Gasteiger partial charge on any atom is 0.0734 e. The van der Waals surface area contributed by atoms with Crippen molar-refractivity contribution < 1.29 is 4.21 Å². The van der Waals surface area contributed by atoms with E-state index >= 15 is 0 Å². The van der Waals surface area contributed by atoms with Crippen molar-refractivity contribution in [3.05, 3.63) is 22.0 Å². The topological polar surface area (TPSA) is 17.1 Å². The van der Waals surface area contributed by atoms with Crippen molar-refractivity contribution in [3.63, 3.8) is 0 Å². The summed E-state index contributed by atoms with van der Waals surface area (Å²) in [6, 6.07) is 0. The van der Waals surface area contributed by atoms with Gasteiger partial charge in [-0.3, -0.25) is 4.21 Å². The molecule has 8 heavy (non-hydrogen) atoms. The average molecular weight is 128 g/mol. The molecule has 1 unspecified atom stereocenters. The van der Waals surface area contributed by atoms with E-state index in [0.29, 0.717) is 0 Å². The predicted octanol–water partition coefficient (Wildman–Crippen LogP) is 1.56. The van der Waals surface area contributed by atoms with Crippen molar-refractivity contribution in [2.75, 3.05) is 0 Å². The van der Waals surface area contributed by atoms with Crippen LogP contribution >= 0.6 is 0 Å². The van der Waals surface area contributed by atoms with Gasteiger partial charge in [0.25, 0.3) is 0 Å². The van der Waals surface area contributed by atoms with Crippen LogP contribution < -0.4 is 0 Å². The highest BCUT2D eigenvalue weighted by molar-refractivity contribution is 7.92. The predicted molar refractivity (Wildman–Crippen MR) is 35.7 cm³/mol. The maximum absolute atomic E-state index is 10.8. The van der Waals surface area contributed by atoms with E-state index in [2.05, 4.69) is 0 Å². The molecule has 1 rings (SSSR count). The molecule has 1 aliphatic heterocycles. The lowest BCUT2D eigenvalue weighted by Gasteiger charge is -1.81. The number of hydrogen-bond acceptors (Lipinski definition) is 1. The van der Waals surface area contributed by atoms with Gasteiger partial charge in [0, 0.05) is 10.3 Å². The Morgan fingerprint density at radius 3 is 2.25 bits per heavy atom. The third-order valence-corrected chi connectivity index (χ3v) is 2.38. The van der Waals surface area contributed by atoms with Crippen LogP contribution in [0.2, 0.25) is 0 Å². The summed E-state index contributed by atoms with van der Waals surface area (Å²) >= 11 is 0. The molecule has 0 aromatic rings. The molecule has 2 heteroatoms. The first kappa shape index (κ1) is 5.76. The standard InChI is InChI=1S/C6H8OS/c1-5-3-6(2)8(7)4-5/h3-4H,1-2H3. The minimum absolute atomic E-state index is 0.799. The van der Waals surface area contributed by atoms with E-state index in [-0.39, 0.29) is 0 Å². The molecule has 1 heterocycles. The summed E-state index contributed by atoms with van der Waals surface area (Å²) in [5, 5.41) is 1.76. The van der Waals surface area contributed by atoms with Crippen LogP contribution in [0.4, 0.5) is 0 Å². The zero-order valence-corrected chi connectivity index (χ0v) is 5.79. The zero-order chi connectivity index (χ0) is 6.15. The van der Waals surface area contributed by atoms with E-state index in [9.17, 15) is 4.21 Å². The van der Waals surface area contributed by atoms with E-state index in [1.165, 1.54) is 0 Å². The Hall–Kier alpha value is -0.370. The largest absolute Gasteiger partial charge is 0.250 e. The van der Waals surface area contributed by atoms with Gasteiger partial charge < -0.3 is 0 Å². The Labute approximate surface area is 51.6 Å². The molecule has 0 amide bonds. The fraction of sp³-hybridized carbons (Fsp3) is 0.333. The molecule has 0 saturated carbocycles. The fourth-order valence-corrected chi connectivity index (χ4v) is 1.57. The van der Waals surface area contributed by atoms with E-state index in [4.69, 9.17) is 0 Å². The number of allylic oxidation sites excluding steroid dienone is 3.